The van der Waals surface area contributed by atoms with Gasteiger partial charge in [-0.2, -0.15) is 0 Å². The molecule has 1 fully saturated rings. The quantitative estimate of drug-likeness (QED) is 0.841. The van der Waals surface area contributed by atoms with Crippen LogP contribution in [-0.2, 0) is 4.79 Å². The molecule has 2 N–H and O–H groups in total. The van der Waals surface area contributed by atoms with E-state index in [4.69, 9.17) is 0 Å². The van der Waals surface area contributed by atoms with E-state index in [1.165, 1.54) is 22.3 Å². The van der Waals surface area contributed by atoms with Crippen LogP contribution in [-0.4, -0.2) is 19.0 Å². The first-order valence-corrected chi connectivity index (χ1v) is 6.59. The van der Waals surface area contributed by atoms with Gasteiger partial charge in [0.2, 0.25) is 5.91 Å². The van der Waals surface area contributed by atoms with Gasteiger partial charge >= 0.3 is 0 Å². The molecule has 1 aliphatic heterocycles. The summed E-state index contributed by atoms with van der Waals surface area (Å²) in [7, 11) is 0. The minimum atomic E-state index is 0.115. The number of nitrogens with one attached hydrogen (secondary N) is 2. The van der Waals surface area contributed by atoms with Crippen molar-refractivity contribution in [3.63, 3.8) is 0 Å². The maximum atomic E-state index is 12.2. The van der Waals surface area contributed by atoms with Gasteiger partial charge in [-0.3, -0.25) is 4.79 Å². The molecule has 1 heterocycles. The van der Waals surface area contributed by atoms with Gasteiger partial charge in [0.15, 0.2) is 0 Å². The summed E-state index contributed by atoms with van der Waals surface area (Å²) in [4.78, 5) is 12.2. The molecule has 3 nitrogen and oxygen atoms in total. The van der Waals surface area contributed by atoms with E-state index in [1.54, 1.807) is 0 Å². The van der Waals surface area contributed by atoms with Gasteiger partial charge in [-0.15, -0.1) is 0 Å². The van der Waals surface area contributed by atoms with E-state index in [0.29, 0.717) is 0 Å². The van der Waals surface area contributed by atoms with Crippen molar-refractivity contribution in [1.29, 1.82) is 0 Å². The molecule has 0 bridgehead atoms. The smallest absolute Gasteiger partial charge is 0.228 e. The van der Waals surface area contributed by atoms with Crippen molar-refractivity contribution in [1.82, 2.24) is 5.32 Å². The lowest BCUT2D eigenvalue weighted by molar-refractivity contribution is -0.119. The fraction of sp³-hybridized carbons (Fsp3) is 0.533. The van der Waals surface area contributed by atoms with Gasteiger partial charge in [0, 0.05) is 12.2 Å². The average molecular weight is 246 g/mol. The van der Waals surface area contributed by atoms with Crippen LogP contribution >= 0.6 is 0 Å². The summed E-state index contributed by atoms with van der Waals surface area (Å²) in [5, 5.41) is 6.35. The summed E-state index contributed by atoms with van der Waals surface area (Å²) in [6, 6.07) is 2.18. The predicted molar refractivity (Wildman–Crippen MR) is 75.0 cm³/mol. The van der Waals surface area contributed by atoms with Crippen LogP contribution in [0, 0.1) is 33.6 Å². The lowest BCUT2D eigenvalue weighted by atomic mass is 9.98. The van der Waals surface area contributed by atoms with E-state index < -0.39 is 0 Å². The zero-order chi connectivity index (χ0) is 13.3. The standard InChI is InChI=1S/C15H22N2O/c1-9-7-10(2)12(4)14(11(9)3)17-15(18)13-5-6-16-8-13/h7,13,16H,5-6,8H2,1-4H3,(H,17,18). The number of amides is 1. The fourth-order valence-electron chi connectivity index (χ4n) is 2.51. The van der Waals surface area contributed by atoms with Crippen LogP contribution in [0.3, 0.4) is 0 Å². The molecule has 1 atom stereocenters. The van der Waals surface area contributed by atoms with E-state index in [1.807, 2.05) is 0 Å². The first-order valence-electron chi connectivity index (χ1n) is 6.59. The average Bonchev–Trinajstić information content (AvgIpc) is 2.85. The van der Waals surface area contributed by atoms with Gasteiger partial charge in [-0.25, -0.2) is 0 Å². The Hall–Kier alpha value is -1.35. The molecule has 1 amide bonds. The van der Waals surface area contributed by atoms with Crippen LogP contribution < -0.4 is 10.6 Å². The van der Waals surface area contributed by atoms with Crippen molar-refractivity contribution in [3.05, 3.63) is 28.3 Å². The molecular formula is C15H22N2O. The van der Waals surface area contributed by atoms with Crippen molar-refractivity contribution < 1.29 is 4.79 Å². The molecular weight excluding hydrogens is 224 g/mol. The zero-order valence-electron chi connectivity index (χ0n) is 11.7. The molecule has 1 aliphatic rings. The van der Waals surface area contributed by atoms with Gasteiger partial charge in [0.1, 0.15) is 0 Å². The third kappa shape index (κ3) is 2.41. The number of aryl methyl sites for hydroxylation is 2. The van der Waals surface area contributed by atoms with Crippen molar-refractivity contribution in [2.24, 2.45) is 5.92 Å². The Kier molecular flexibility index (Phi) is 3.71. The summed E-state index contributed by atoms with van der Waals surface area (Å²) in [5.74, 6) is 0.265. The van der Waals surface area contributed by atoms with Crippen molar-refractivity contribution in [3.8, 4) is 0 Å². The summed E-state index contributed by atoms with van der Waals surface area (Å²) in [5.41, 5.74) is 5.83. The second-order valence-corrected chi connectivity index (χ2v) is 5.31. The summed E-state index contributed by atoms with van der Waals surface area (Å²) >= 11 is 0. The van der Waals surface area contributed by atoms with Gasteiger partial charge in [-0.1, -0.05) is 6.07 Å². The second-order valence-electron chi connectivity index (χ2n) is 5.31. The number of anilines is 1. The van der Waals surface area contributed by atoms with Gasteiger partial charge in [0.25, 0.3) is 0 Å². The van der Waals surface area contributed by atoms with E-state index in [9.17, 15) is 4.79 Å². The maximum absolute atomic E-state index is 12.2. The first-order chi connectivity index (χ1) is 8.50. The van der Waals surface area contributed by atoms with Crippen LogP contribution in [0.15, 0.2) is 6.07 Å². The van der Waals surface area contributed by atoms with E-state index in [-0.39, 0.29) is 11.8 Å². The third-order valence-corrected chi connectivity index (χ3v) is 4.05. The molecule has 0 aromatic heterocycles. The number of carbonyl (C=O) groups excluding carboxylic acids is 1. The van der Waals surface area contributed by atoms with Crippen LogP contribution in [0.4, 0.5) is 5.69 Å². The molecule has 98 valence electrons. The van der Waals surface area contributed by atoms with Crippen LogP contribution in [0.1, 0.15) is 28.7 Å². The molecule has 0 radical (unpaired) electrons. The zero-order valence-corrected chi connectivity index (χ0v) is 11.7. The summed E-state index contributed by atoms with van der Waals surface area (Å²) in [6.07, 6.45) is 0.939. The Bertz CT molecular complexity index is 448. The Labute approximate surface area is 109 Å². The maximum Gasteiger partial charge on any atom is 0.228 e. The Morgan fingerprint density at radius 1 is 1.22 bits per heavy atom. The van der Waals surface area contributed by atoms with E-state index >= 15 is 0 Å². The molecule has 2 rings (SSSR count). The topological polar surface area (TPSA) is 41.1 Å². The monoisotopic (exact) mass is 246 g/mol. The SMILES string of the molecule is Cc1cc(C)c(C)c(NC(=O)C2CCNC2)c1C. The highest BCUT2D eigenvalue weighted by atomic mass is 16.1. The Morgan fingerprint density at radius 3 is 2.33 bits per heavy atom. The lowest BCUT2D eigenvalue weighted by Gasteiger charge is -2.18. The van der Waals surface area contributed by atoms with Crippen LogP contribution in [0.25, 0.3) is 0 Å². The molecule has 0 spiro atoms. The number of rotatable bonds is 2. The molecule has 1 unspecified atom stereocenters. The first kappa shape index (κ1) is 13.1. The van der Waals surface area contributed by atoms with E-state index in [2.05, 4.69) is 44.4 Å². The normalized spacial score (nSPS) is 19.0. The molecule has 0 saturated carbocycles. The van der Waals surface area contributed by atoms with Crippen molar-refractivity contribution in [2.75, 3.05) is 18.4 Å². The highest BCUT2D eigenvalue weighted by molar-refractivity contribution is 5.94. The Morgan fingerprint density at radius 2 is 1.83 bits per heavy atom. The summed E-state index contributed by atoms with van der Waals surface area (Å²) in [6.45, 7) is 10.1. The van der Waals surface area contributed by atoms with Crippen molar-refractivity contribution in [2.45, 2.75) is 34.1 Å². The number of carbonyl (C=O) groups is 1. The molecule has 0 aliphatic carbocycles. The third-order valence-electron chi connectivity index (χ3n) is 4.05. The largest absolute Gasteiger partial charge is 0.325 e. The molecule has 1 saturated heterocycles. The van der Waals surface area contributed by atoms with Crippen molar-refractivity contribution >= 4 is 11.6 Å². The second kappa shape index (κ2) is 5.11. The van der Waals surface area contributed by atoms with Crippen LogP contribution in [0.5, 0.6) is 0 Å². The van der Waals surface area contributed by atoms with Gasteiger partial charge < -0.3 is 10.6 Å². The van der Waals surface area contributed by atoms with Gasteiger partial charge in [0.05, 0.1) is 5.92 Å². The highest BCUT2D eigenvalue weighted by Gasteiger charge is 2.23. The van der Waals surface area contributed by atoms with Crippen LogP contribution in [0.2, 0.25) is 0 Å². The number of hydrogen-bond acceptors (Lipinski definition) is 2. The predicted octanol–water partition coefficient (Wildman–Crippen LogP) is 2.47. The lowest BCUT2D eigenvalue weighted by Crippen LogP contribution is -2.25. The molecule has 1 aromatic carbocycles. The minimum Gasteiger partial charge on any atom is -0.325 e. The highest BCUT2D eigenvalue weighted by Crippen LogP contribution is 2.27. The molecule has 3 heteroatoms. The minimum absolute atomic E-state index is 0.115. The number of hydrogen-bond donors (Lipinski definition) is 2. The molecule has 18 heavy (non-hydrogen) atoms. The molecule has 1 aromatic rings. The fourth-order valence-corrected chi connectivity index (χ4v) is 2.51. The Balaban J connectivity index is 2.25. The van der Waals surface area contributed by atoms with E-state index in [0.717, 1.165) is 25.2 Å². The summed E-state index contributed by atoms with van der Waals surface area (Å²) < 4.78 is 0. The number of benzene rings is 1. The van der Waals surface area contributed by atoms with Gasteiger partial charge in [-0.05, 0) is 62.9 Å².